The molecule has 0 bridgehead atoms. The summed E-state index contributed by atoms with van der Waals surface area (Å²) in [5.41, 5.74) is 5.86. The third kappa shape index (κ3) is 2.46. The molecule has 1 aromatic rings. The fraction of sp³-hybridized carbons (Fsp3) is 0.615. The van der Waals surface area contributed by atoms with Crippen molar-refractivity contribution in [3.8, 4) is 0 Å². The van der Waals surface area contributed by atoms with Gasteiger partial charge in [0.25, 0.3) is 0 Å². The Labute approximate surface area is 112 Å². The van der Waals surface area contributed by atoms with E-state index in [0.717, 1.165) is 25.7 Å². The summed E-state index contributed by atoms with van der Waals surface area (Å²) < 4.78 is 5.83. The molecule has 2 rings (SSSR count). The van der Waals surface area contributed by atoms with Crippen LogP contribution < -0.4 is 5.73 Å². The smallest absolute Gasteiger partial charge is 0.129 e. The van der Waals surface area contributed by atoms with Crippen molar-refractivity contribution >= 4 is 17.4 Å². The molecular formula is C13H19ClN2O2. The summed E-state index contributed by atoms with van der Waals surface area (Å²) in [7, 11) is 0. The van der Waals surface area contributed by atoms with Crippen molar-refractivity contribution in [2.24, 2.45) is 0 Å². The number of aromatic nitrogens is 1. The van der Waals surface area contributed by atoms with Crippen LogP contribution in [-0.4, -0.2) is 22.3 Å². The van der Waals surface area contributed by atoms with Crippen LogP contribution in [0, 0.1) is 0 Å². The van der Waals surface area contributed by atoms with E-state index < -0.39 is 11.7 Å². The van der Waals surface area contributed by atoms with E-state index in [4.69, 9.17) is 22.1 Å². The second-order valence-corrected chi connectivity index (χ2v) is 5.17. The van der Waals surface area contributed by atoms with Crippen LogP contribution in [0.4, 0.5) is 5.82 Å². The van der Waals surface area contributed by atoms with Crippen LogP contribution in [0.1, 0.15) is 44.3 Å². The summed E-state index contributed by atoms with van der Waals surface area (Å²) in [5.74, 6) is 0.317. The Morgan fingerprint density at radius 2 is 2.22 bits per heavy atom. The number of anilines is 1. The average Bonchev–Trinajstić information content (AvgIpc) is 2.82. The van der Waals surface area contributed by atoms with Gasteiger partial charge in [-0.1, -0.05) is 24.4 Å². The molecule has 1 heterocycles. The van der Waals surface area contributed by atoms with Crippen molar-refractivity contribution in [1.29, 1.82) is 0 Å². The molecule has 1 unspecified atom stereocenters. The first kappa shape index (κ1) is 13.6. The third-order valence-corrected chi connectivity index (χ3v) is 3.80. The predicted molar refractivity (Wildman–Crippen MR) is 71.4 cm³/mol. The van der Waals surface area contributed by atoms with Crippen LogP contribution in [-0.2, 0) is 4.74 Å². The molecular weight excluding hydrogens is 252 g/mol. The number of nitrogens with two attached hydrogens (primary N) is 1. The zero-order chi connectivity index (χ0) is 13.2. The summed E-state index contributed by atoms with van der Waals surface area (Å²) in [6, 6.07) is 1.67. The number of hydrogen-bond acceptors (Lipinski definition) is 4. The van der Waals surface area contributed by atoms with Gasteiger partial charge in [0.05, 0.1) is 10.6 Å². The molecule has 0 saturated heterocycles. The molecule has 3 N–H and O–H groups in total. The minimum atomic E-state index is -0.772. The molecule has 0 aliphatic heterocycles. The number of pyridine rings is 1. The zero-order valence-corrected chi connectivity index (χ0v) is 11.3. The van der Waals surface area contributed by atoms with E-state index in [-0.39, 0.29) is 0 Å². The number of aliphatic hydroxyl groups is 1. The lowest BCUT2D eigenvalue weighted by Gasteiger charge is -2.34. The summed E-state index contributed by atoms with van der Waals surface area (Å²) in [6.07, 6.45) is 4.51. The van der Waals surface area contributed by atoms with Gasteiger partial charge in [0.15, 0.2) is 0 Å². The van der Waals surface area contributed by atoms with Crippen molar-refractivity contribution in [3.05, 3.63) is 22.8 Å². The maximum Gasteiger partial charge on any atom is 0.129 e. The van der Waals surface area contributed by atoms with Gasteiger partial charge >= 0.3 is 0 Å². The van der Waals surface area contributed by atoms with Crippen LogP contribution in [0.5, 0.6) is 0 Å². The molecule has 18 heavy (non-hydrogen) atoms. The molecule has 1 fully saturated rings. The van der Waals surface area contributed by atoms with Crippen LogP contribution in [0.15, 0.2) is 12.3 Å². The van der Waals surface area contributed by atoms with Crippen molar-refractivity contribution in [3.63, 3.8) is 0 Å². The summed E-state index contributed by atoms with van der Waals surface area (Å²) in [5, 5.41) is 11.1. The largest absolute Gasteiger partial charge is 0.385 e. The van der Waals surface area contributed by atoms with Crippen LogP contribution in [0.2, 0.25) is 5.02 Å². The number of hydrogen-bond donors (Lipinski definition) is 2. The van der Waals surface area contributed by atoms with Crippen LogP contribution in [0.25, 0.3) is 0 Å². The Kier molecular flexibility index (Phi) is 4.10. The number of aliphatic hydroxyl groups excluding tert-OH is 1. The standard InChI is InChI=1S/C13H19ClN2O2/c1-2-18-13(5-3-4-6-13)11(17)10-7-9(14)8-16-12(10)15/h7-8,11,17H,2-6H2,1H3,(H2,15,16). The highest BCUT2D eigenvalue weighted by Crippen LogP contribution is 2.44. The summed E-state index contributed by atoms with van der Waals surface area (Å²) in [6.45, 7) is 2.51. The van der Waals surface area contributed by atoms with E-state index in [2.05, 4.69) is 4.98 Å². The van der Waals surface area contributed by atoms with E-state index in [9.17, 15) is 5.11 Å². The Bertz CT molecular complexity index is 419. The van der Waals surface area contributed by atoms with Crippen molar-refractivity contribution in [2.45, 2.75) is 44.3 Å². The molecule has 5 heteroatoms. The van der Waals surface area contributed by atoms with Gasteiger partial charge in [0.1, 0.15) is 11.9 Å². The third-order valence-electron chi connectivity index (χ3n) is 3.59. The Balaban J connectivity index is 2.33. The molecule has 1 atom stereocenters. The lowest BCUT2D eigenvalue weighted by atomic mass is 9.89. The number of nitrogen functional groups attached to an aromatic ring is 1. The fourth-order valence-corrected chi connectivity index (χ4v) is 2.89. The van der Waals surface area contributed by atoms with Gasteiger partial charge in [-0.3, -0.25) is 0 Å². The van der Waals surface area contributed by atoms with Gasteiger partial charge in [-0.2, -0.15) is 0 Å². The number of ether oxygens (including phenoxy) is 1. The van der Waals surface area contributed by atoms with Gasteiger partial charge in [-0.15, -0.1) is 0 Å². The van der Waals surface area contributed by atoms with E-state index in [0.29, 0.717) is 23.0 Å². The highest BCUT2D eigenvalue weighted by atomic mass is 35.5. The van der Waals surface area contributed by atoms with Gasteiger partial charge < -0.3 is 15.6 Å². The quantitative estimate of drug-likeness (QED) is 0.883. The molecule has 1 aromatic heterocycles. The normalized spacial score (nSPS) is 19.9. The van der Waals surface area contributed by atoms with Gasteiger partial charge in [0.2, 0.25) is 0 Å². The number of nitrogens with zero attached hydrogens (tertiary/aromatic N) is 1. The number of halogens is 1. The average molecular weight is 271 g/mol. The molecule has 0 aromatic carbocycles. The SMILES string of the molecule is CCOC1(C(O)c2cc(Cl)cnc2N)CCCC1. The Morgan fingerprint density at radius 1 is 1.56 bits per heavy atom. The maximum atomic E-state index is 10.6. The van der Waals surface area contributed by atoms with E-state index in [1.807, 2.05) is 6.92 Å². The van der Waals surface area contributed by atoms with E-state index in [1.54, 1.807) is 6.07 Å². The second kappa shape index (κ2) is 5.43. The molecule has 4 nitrogen and oxygen atoms in total. The first-order chi connectivity index (χ1) is 8.59. The van der Waals surface area contributed by atoms with Gasteiger partial charge in [-0.25, -0.2) is 4.98 Å². The summed E-state index contributed by atoms with van der Waals surface area (Å²) >= 11 is 5.92. The van der Waals surface area contributed by atoms with E-state index in [1.165, 1.54) is 6.20 Å². The lowest BCUT2D eigenvalue weighted by Crippen LogP contribution is -2.37. The highest BCUT2D eigenvalue weighted by molar-refractivity contribution is 6.30. The second-order valence-electron chi connectivity index (χ2n) is 4.74. The molecule has 1 aliphatic carbocycles. The fourth-order valence-electron chi connectivity index (χ4n) is 2.73. The first-order valence-corrected chi connectivity index (χ1v) is 6.70. The highest BCUT2D eigenvalue weighted by Gasteiger charge is 2.43. The minimum absolute atomic E-state index is 0.317. The molecule has 0 radical (unpaired) electrons. The van der Waals surface area contributed by atoms with Crippen molar-refractivity contribution < 1.29 is 9.84 Å². The maximum absolute atomic E-state index is 10.6. The first-order valence-electron chi connectivity index (χ1n) is 6.32. The van der Waals surface area contributed by atoms with Crippen LogP contribution >= 0.6 is 11.6 Å². The molecule has 0 amide bonds. The Morgan fingerprint density at radius 3 is 2.83 bits per heavy atom. The van der Waals surface area contributed by atoms with Gasteiger partial charge in [0, 0.05) is 18.4 Å². The monoisotopic (exact) mass is 270 g/mol. The minimum Gasteiger partial charge on any atom is -0.385 e. The van der Waals surface area contributed by atoms with Gasteiger partial charge in [-0.05, 0) is 25.8 Å². The molecule has 1 saturated carbocycles. The predicted octanol–water partition coefficient (Wildman–Crippen LogP) is 2.70. The molecule has 1 aliphatic rings. The number of rotatable bonds is 4. The zero-order valence-electron chi connectivity index (χ0n) is 10.5. The summed E-state index contributed by atoms with van der Waals surface area (Å²) in [4.78, 5) is 3.99. The van der Waals surface area contributed by atoms with Crippen LogP contribution in [0.3, 0.4) is 0 Å². The topological polar surface area (TPSA) is 68.4 Å². The lowest BCUT2D eigenvalue weighted by molar-refractivity contribution is -0.118. The van der Waals surface area contributed by atoms with Crippen molar-refractivity contribution in [2.75, 3.05) is 12.3 Å². The molecule has 100 valence electrons. The van der Waals surface area contributed by atoms with E-state index >= 15 is 0 Å². The molecule has 0 spiro atoms. The van der Waals surface area contributed by atoms with Crippen molar-refractivity contribution in [1.82, 2.24) is 4.98 Å². The Hall–Kier alpha value is -0.840.